The van der Waals surface area contributed by atoms with Crippen molar-refractivity contribution in [2.45, 2.75) is 6.04 Å². The summed E-state index contributed by atoms with van der Waals surface area (Å²) >= 11 is 0. The van der Waals surface area contributed by atoms with E-state index in [0.29, 0.717) is 19.3 Å². The highest BCUT2D eigenvalue weighted by Crippen LogP contribution is 2.22. The Bertz CT molecular complexity index is 590. The number of carbonyl (C=O) groups is 1. The van der Waals surface area contributed by atoms with Gasteiger partial charge in [-0.25, -0.2) is 9.78 Å². The van der Waals surface area contributed by atoms with Gasteiger partial charge in [0.2, 0.25) is 0 Å². The van der Waals surface area contributed by atoms with Gasteiger partial charge >= 0.3 is 5.97 Å². The Balaban J connectivity index is 1.91. The molecule has 1 fully saturated rings. The lowest BCUT2D eigenvalue weighted by Gasteiger charge is -2.25. The van der Waals surface area contributed by atoms with Crippen LogP contribution in [-0.2, 0) is 4.74 Å². The molecule has 3 rings (SSSR count). The fourth-order valence-corrected chi connectivity index (χ4v) is 1.79. The SMILES string of the molecule is O=C(O)c1cc(-c2cnn(C3COC3)c2)ccn1. The number of hydrogen-bond donors (Lipinski definition) is 1. The van der Waals surface area contributed by atoms with E-state index in [4.69, 9.17) is 9.84 Å². The van der Waals surface area contributed by atoms with Crippen LogP contribution in [0, 0.1) is 0 Å². The molecule has 0 spiro atoms. The summed E-state index contributed by atoms with van der Waals surface area (Å²) in [7, 11) is 0. The van der Waals surface area contributed by atoms with Crippen LogP contribution >= 0.6 is 0 Å². The minimum Gasteiger partial charge on any atom is -0.477 e. The number of rotatable bonds is 3. The van der Waals surface area contributed by atoms with Gasteiger partial charge in [0.1, 0.15) is 5.69 Å². The quantitative estimate of drug-likeness (QED) is 0.879. The van der Waals surface area contributed by atoms with Crippen LogP contribution in [0.15, 0.2) is 30.7 Å². The second-order valence-corrected chi connectivity index (χ2v) is 4.14. The van der Waals surface area contributed by atoms with Gasteiger partial charge in [-0.05, 0) is 17.7 Å². The average Bonchev–Trinajstić information content (AvgIpc) is 2.76. The Hall–Kier alpha value is -2.21. The molecule has 6 heteroatoms. The smallest absolute Gasteiger partial charge is 0.354 e. The average molecular weight is 245 g/mol. The Morgan fingerprint density at radius 1 is 1.44 bits per heavy atom. The van der Waals surface area contributed by atoms with Crippen molar-refractivity contribution in [2.75, 3.05) is 13.2 Å². The molecule has 2 aromatic rings. The third-order valence-electron chi connectivity index (χ3n) is 2.91. The normalized spacial score (nSPS) is 15.3. The van der Waals surface area contributed by atoms with E-state index in [-0.39, 0.29) is 5.69 Å². The predicted molar refractivity (Wildman–Crippen MR) is 62.3 cm³/mol. The summed E-state index contributed by atoms with van der Waals surface area (Å²) in [5.41, 5.74) is 1.72. The van der Waals surface area contributed by atoms with Gasteiger partial charge in [-0.1, -0.05) is 0 Å². The molecule has 92 valence electrons. The van der Waals surface area contributed by atoms with E-state index in [0.717, 1.165) is 11.1 Å². The first kappa shape index (κ1) is 10.9. The van der Waals surface area contributed by atoms with Crippen molar-refractivity contribution in [2.24, 2.45) is 0 Å². The predicted octanol–water partition coefficient (Wildman–Crippen LogP) is 1.21. The summed E-state index contributed by atoms with van der Waals surface area (Å²) in [5, 5.41) is 13.2. The number of aromatic nitrogens is 3. The van der Waals surface area contributed by atoms with Gasteiger partial charge in [0.05, 0.1) is 25.5 Å². The number of aromatic carboxylic acids is 1. The molecule has 0 atom stereocenters. The molecule has 0 saturated carbocycles. The lowest BCUT2D eigenvalue weighted by Crippen LogP contribution is -2.30. The molecule has 0 unspecified atom stereocenters. The van der Waals surface area contributed by atoms with E-state index in [1.807, 2.05) is 10.9 Å². The monoisotopic (exact) mass is 245 g/mol. The van der Waals surface area contributed by atoms with Gasteiger partial charge in [0.25, 0.3) is 0 Å². The highest BCUT2D eigenvalue weighted by molar-refractivity contribution is 5.87. The third-order valence-corrected chi connectivity index (χ3v) is 2.91. The molecule has 0 bridgehead atoms. The molecule has 1 saturated heterocycles. The van der Waals surface area contributed by atoms with Gasteiger partial charge in [0, 0.05) is 18.0 Å². The molecule has 3 heterocycles. The van der Waals surface area contributed by atoms with Crippen molar-refractivity contribution in [3.05, 3.63) is 36.4 Å². The first-order valence-corrected chi connectivity index (χ1v) is 5.55. The second kappa shape index (κ2) is 4.23. The topological polar surface area (TPSA) is 77.2 Å². The van der Waals surface area contributed by atoms with Crippen LogP contribution in [0.2, 0.25) is 0 Å². The molecule has 6 nitrogen and oxygen atoms in total. The van der Waals surface area contributed by atoms with Crippen LogP contribution in [0.5, 0.6) is 0 Å². The van der Waals surface area contributed by atoms with E-state index in [9.17, 15) is 4.79 Å². The summed E-state index contributed by atoms with van der Waals surface area (Å²) in [6.45, 7) is 1.36. The first-order chi connectivity index (χ1) is 8.74. The molecule has 0 amide bonds. The molecule has 1 aliphatic rings. The highest BCUT2D eigenvalue weighted by Gasteiger charge is 2.21. The number of hydrogen-bond acceptors (Lipinski definition) is 4. The van der Waals surface area contributed by atoms with E-state index in [2.05, 4.69) is 10.1 Å². The summed E-state index contributed by atoms with van der Waals surface area (Å²) < 4.78 is 6.95. The lowest BCUT2D eigenvalue weighted by molar-refractivity contribution is -0.0286. The van der Waals surface area contributed by atoms with Crippen molar-refractivity contribution in [3.63, 3.8) is 0 Å². The summed E-state index contributed by atoms with van der Waals surface area (Å²) in [6, 6.07) is 3.60. The van der Waals surface area contributed by atoms with Crippen molar-refractivity contribution in [1.29, 1.82) is 0 Å². The summed E-state index contributed by atoms with van der Waals surface area (Å²) in [4.78, 5) is 14.6. The largest absolute Gasteiger partial charge is 0.477 e. The van der Waals surface area contributed by atoms with Crippen LogP contribution in [-0.4, -0.2) is 39.1 Å². The Morgan fingerprint density at radius 3 is 2.94 bits per heavy atom. The zero-order valence-electron chi connectivity index (χ0n) is 9.48. The van der Waals surface area contributed by atoms with E-state index in [1.54, 1.807) is 18.3 Å². The van der Waals surface area contributed by atoms with Crippen LogP contribution in [0.4, 0.5) is 0 Å². The first-order valence-electron chi connectivity index (χ1n) is 5.55. The summed E-state index contributed by atoms with van der Waals surface area (Å²) in [6.07, 6.45) is 5.11. The molecule has 0 aliphatic carbocycles. The maximum Gasteiger partial charge on any atom is 0.354 e. The molecule has 2 aromatic heterocycles. The Kier molecular flexibility index (Phi) is 2.56. The van der Waals surface area contributed by atoms with Crippen LogP contribution in [0.25, 0.3) is 11.1 Å². The van der Waals surface area contributed by atoms with Crippen LogP contribution in [0.3, 0.4) is 0 Å². The van der Waals surface area contributed by atoms with Gasteiger partial charge in [-0.2, -0.15) is 5.10 Å². The number of pyridine rings is 1. The van der Waals surface area contributed by atoms with Crippen LogP contribution in [0.1, 0.15) is 16.5 Å². The Morgan fingerprint density at radius 2 is 2.28 bits per heavy atom. The van der Waals surface area contributed by atoms with Crippen molar-refractivity contribution in [1.82, 2.24) is 14.8 Å². The minimum absolute atomic E-state index is 0.0345. The minimum atomic E-state index is -1.03. The van der Waals surface area contributed by atoms with Gasteiger partial charge in [0.15, 0.2) is 0 Å². The van der Waals surface area contributed by atoms with Crippen molar-refractivity contribution in [3.8, 4) is 11.1 Å². The van der Waals surface area contributed by atoms with E-state index < -0.39 is 5.97 Å². The zero-order valence-corrected chi connectivity index (χ0v) is 9.48. The third kappa shape index (κ3) is 1.86. The molecular formula is C12H11N3O3. The molecular weight excluding hydrogens is 234 g/mol. The van der Waals surface area contributed by atoms with Gasteiger partial charge < -0.3 is 9.84 Å². The van der Waals surface area contributed by atoms with Crippen molar-refractivity contribution >= 4 is 5.97 Å². The summed E-state index contributed by atoms with van der Waals surface area (Å²) in [5.74, 6) is -1.03. The van der Waals surface area contributed by atoms with E-state index in [1.165, 1.54) is 6.20 Å². The second-order valence-electron chi connectivity index (χ2n) is 4.14. The van der Waals surface area contributed by atoms with Crippen molar-refractivity contribution < 1.29 is 14.6 Å². The molecule has 1 N–H and O–H groups in total. The standard InChI is InChI=1S/C12H11N3O3/c16-12(17)11-3-8(1-2-13-11)9-4-14-15(5-9)10-6-18-7-10/h1-5,10H,6-7H2,(H,16,17). The fraction of sp³-hybridized carbons (Fsp3) is 0.250. The number of carboxylic acids is 1. The molecule has 1 aliphatic heterocycles. The fourth-order valence-electron chi connectivity index (χ4n) is 1.79. The molecule has 18 heavy (non-hydrogen) atoms. The van der Waals surface area contributed by atoms with Gasteiger partial charge in [-0.15, -0.1) is 0 Å². The maximum atomic E-state index is 10.9. The van der Waals surface area contributed by atoms with Gasteiger partial charge in [-0.3, -0.25) is 4.68 Å². The Labute approximate surface area is 103 Å². The molecule has 0 radical (unpaired) electrons. The number of nitrogens with zero attached hydrogens (tertiary/aromatic N) is 3. The number of ether oxygens (including phenoxy) is 1. The highest BCUT2D eigenvalue weighted by atomic mass is 16.5. The molecule has 0 aromatic carbocycles. The lowest BCUT2D eigenvalue weighted by atomic mass is 10.1. The van der Waals surface area contributed by atoms with Crippen LogP contribution < -0.4 is 0 Å². The zero-order chi connectivity index (χ0) is 12.5. The van der Waals surface area contributed by atoms with E-state index >= 15 is 0 Å². The number of carboxylic acid groups (broad SMARTS) is 1. The maximum absolute atomic E-state index is 10.9.